The van der Waals surface area contributed by atoms with Crippen molar-refractivity contribution in [2.24, 2.45) is 5.73 Å². The predicted octanol–water partition coefficient (Wildman–Crippen LogP) is 1.02. The van der Waals surface area contributed by atoms with E-state index in [1.165, 1.54) is 10.6 Å². The van der Waals surface area contributed by atoms with Gasteiger partial charge in [0.15, 0.2) is 0 Å². The molecule has 8 heteroatoms. The minimum Gasteiger partial charge on any atom is -0.508 e. The maximum atomic E-state index is 12.8. The number of carbonyl (C=O) groups excluding carboxylic acids is 1. The van der Waals surface area contributed by atoms with E-state index in [1.807, 2.05) is 0 Å². The number of hydrogen-bond acceptors (Lipinski definition) is 5. The zero-order chi connectivity index (χ0) is 17.5. The predicted molar refractivity (Wildman–Crippen MR) is 101 cm³/mol. The molecule has 24 heavy (non-hydrogen) atoms. The fraction of sp³-hybridized carbons (Fsp3) is 0.250. The van der Waals surface area contributed by atoms with Crippen LogP contribution in [0.4, 0.5) is 11.5 Å². The van der Waals surface area contributed by atoms with Crippen LogP contribution in [0.5, 0.6) is 5.75 Å². The van der Waals surface area contributed by atoms with Gasteiger partial charge in [0.1, 0.15) is 17.3 Å². The summed E-state index contributed by atoms with van der Waals surface area (Å²) >= 11 is 0. The molecule has 7 nitrogen and oxygen atoms in total. The molecule has 1 aromatic heterocycles. The van der Waals surface area contributed by atoms with E-state index in [4.69, 9.17) is 11.5 Å². The van der Waals surface area contributed by atoms with E-state index in [2.05, 4.69) is 0 Å². The van der Waals surface area contributed by atoms with Crippen LogP contribution < -0.4 is 21.9 Å². The van der Waals surface area contributed by atoms with Crippen LogP contribution in [0.2, 0.25) is 0 Å². The van der Waals surface area contributed by atoms with E-state index in [0.29, 0.717) is 11.3 Å². The monoisotopic (exact) mass is 350 g/mol. The fourth-order valence-corrected chi connectivity index (χ4v) is 2.53. The lowest BCUT2D eigenvalue weighted by molar-refractivity contribution is 0.100. The Bertz CT molecular complexity index is 859. The Labute approximate surface area is 146 Å². The zero-order valence-corrected chi connectivity index (χ0v) is 15.0. The summed E-state index contributed by atoms with van der Waals surface area (Å²) in [7, 11) is 3.37. The molecule has 2 aromatic rings. The number of nitrogen functional groups attached to an aromatic ring is 1. The largest absolute Gasteiger partial charge is 0.508 e. The van der Waals surface area contributed by atoms with Crippen LogP contribution in [0, 0.1) is 13.8 Å². The third-order valence-electron chi connectivity index (χ3n) is 3.80. The normalized spacial score (nSPS) is 10.2. The molecule has 0 aliphatic carbocycles. The first-order valence-corrected chi connectivity index (χ1v) is 6.99. The molecule has 0 aliphatic rings. The summed E-state index contributed by atoms with van der Waals surface area (Å²) in [5.74, 6) is -0.743. The molecule has 0 fully saturated rings. The van der Waals surface area contributed by atoms with Gasteiger partial charge < -0.3 is 21.5 Å². The average molecular weight is 350 g/mol. The van der Waals surface area contributed by atoms with Crippen molar-refractivity contribution in [3.63, 3.8) is 0 Å². The number of phenols is 1. The first-order chi connectivity index (χ1) is 10.7. The van der Waals surface area contributed by atoms with Gasteiger partial charge in [-0.25, -0.2) is 0 Å². The highest BCUT2D eigenvalue weighted by molar-refractivity contribution is 7.59. The summed E-state index contributed by atoms with van der Waals surface area (Å²) in [6.45, 7) is 3.47. The molecule has 0 saturated carbocycles. The lowest BCUT2D eigenvalue weighted by Crippen LogP contribution is -2.31. The number of nitrogens with two attached hydrogens (primary N) is 2. The molecule has 2 rings (SSSR count). The van der Waals surface area contributed by atoms with Gasteiger partial charge in [-0.2, -0.15) is 13.5 Å². The molecule has 1 amide bonds. The second kappa shape index (κ2) is 6.88. The summed E-state index contributed by atoms with van der Waals surface area (Å²) in [4.78, 5) is 26.1. The summed E-state index contributed by atoms with van der Waals surface area (Å²) in [5, 5.41) is 9.97. The molecular formula is C16H22N4O3S. The Morgan fingerprint density at radius 3 is 2.33 bits per heavy atom. The number of nitrogens with zero attached hydrogens (tertiary/aromatic N) is 2. The van der Waals surface area contributed by atoms with E-state index < -0.39 is 11.5 Å². The molecular weight excluding hydrogens is 328 g/mol. The number of hydrogen-bond donors (Lipinski definition) is 3. The minimum atomic E-state index is -0.727. The van der Waals surface area contributed by atoms with Crippen molar-refractivity contribution in [3.05, 3.63) is 45.2 Å². The van der Waals surface area contributed by atoms with E-state index >= 15 is 0 Å². The minimum absolute atomic E-state index is 0. The Kier molecular flexibility index (Phi) is 5.57. The number of carbonyl (C=O) groups is 1. The van der Waals surface area contributed by atoms with Crippen molar-refractivity contribution < 1.29 is 9.90 Å². The highest BCUT2D eigenvalue weighted by Gasteiger charge is 2.21. The average Bonchev–Trinajstić information content (AvgIpc) is 2.45. The van der Waals surface area contributed by atoms with Gasteiger partial charge in [-0.05, 0) is 31.5 Å². The second-order valence-electron chi connectivity index (χ2n) is 5.60. The third-order valence-corrected chi connectivity index (χ3v) is 3.80. The topological polar surface area (TPSA) is 115 Å². The van der Waals surface area contributed by atoms with Crippen LogP contribution in [-0.4, -0.2) is 29.7 Å². The van der Waals surface area contributed by atoms with Crippen molar-refractivity contribution in [3.8, 4) is 11.4 Å². The van der Waals surface area contributed by atoms with Gasteiger partial charge in [0, 0.05) is 19.7 Å². The van der Waals surface area contributed by atoms with Gasteiger partial charge in [-0.1, -0.05) is 6.07 Å². The zero-order valence-electron chi connectivity index (χ0n) is 14.0. The quantitative estimate of drug-likeness (QED) is 0.764. The number of phenolic OH excluding ortho intramolecular Hbond substituents is 1. The summed E-state index contributed by atoms with van der Waals surface area (Å²) in [6.07, 6.45) is 0. The van der Waals surface area contributed by atoms with E-state index in [0.717, 1.165) is 5.56 Å². The summed E-state index contributed by atoms with van der Waals surface area (Å²) in [6, 6.07) is 4.60. The smallest absolute Gasteiger partial charge is 0.280 e. The Hall–Kier alpha value is -2.61. The lowest BCUT2D eigenvalue weighted by Gasteiger charge is -2.21. The molecule has 0 saturated heterocycles. The second-order valence-corrected chi connectivity index (χ2v) is 5.60. The number of pyridine rings is 1. The van der Waals surface area contributed by atoms with Gasteiger partial charge in [-0.3, -0.25) is 14.2 Å². The third kappa shape index (κ3) is 3.05. The van der Waals surface area contributed by atoms with Gasteiger partial charge in [-0.15, -0.1) is 0 Å². The van der Waals surface area contributed by atoms with Gasteiger partial charge >= 0.3 is 0 Å². The molecule has 0 spiro atoms. The number of rotatable bonds is 3. The molecule has 0 bridgehead atoms. The molecule has 0 atom stereocenters. The van der Waals surface area contributed by atoms with Crippen LogP contribution in [0.1, 0.15) is 21.5 Å². The number of anilines is 2. The summed E-state index contributed by atoms with van der Waals surface area (Å²) in [5.41, 5.74) is 13.0. The number of benzene rings is 1. The number of aryl methyl sites for hydroxylation is 1. The van der Waals surface area contributed by atoms with Crippen molar-refractivity contribution in [2.75, 3.05) is 24.7 Å². The maximum Gasteiger partial charge on any atom is 0.280 e. The molecule has 130 valence electrons. The molecule has 1 aromatic carbocycles. The maximum absolute atomic E-state index is 12.8. The Morgan fingerprint density at radius 2 is 1.83 bits per heavy atom. The van der Waals surface area contributed by atoms with Crippen LogP contribution in [-0.2, 0) is 0 Å². The van der Waals surface area contributed by atoms with Gasteiger partial charge in [0.05, 0.1) is 11.3 Å². The Balaban J connectivity index is 0.00000288. The van der Waals surface area contributed by atoms with Crippen LogP contribution in [0.15, 0.2) is 23.0 Å². The number of aromatic hydroxyl groups is 1. The first-order valence-electron chi connectivity index (χ1n) is 6.99. The van der Waals surface area contributed by atoms with Crippen LogP contribution in [0.3, 0.4) is 0 Å². The van der Waals surface area contributed by atoms with Gasteiger partial charge in [0.2, 0.25) is 0 Å². The Morgan fingerprint density at radius 1 is 1.25 bits per heavy atom. The van der Waals surface area contributed by atoms with Gasteiger partial charge in [0.25, 0.3) is 11.5 Å². The number of aromatic nitrogens is 1. The molecule has 0 aliphatic heterocycles. The molecule has 0 unspecified atom stereocenters. The van der Waals surface area contributed by atoms with Crippen molar-refractivity contribution in [1.29, 1.82) is 0 Å². The summed E-state index contributed by atoms with van der Waals surface area (Å²) < 4.78 is 1.22. The van der Waals surface area contributed by atoms with Crippen molar-refractivity contribution in [2.45, 2.75) is 13.8 Å². The molecule has 1 heterocycles. The van der Waals surface area contributed by atoms with Crippen LogP contribution in [0.25, 0.3) is 5.69 Å². The highest BCUT2D eigenvalue weighted by Crippen LogP contribution is 2.29. The van der Waals surface area contributed by atoms with Crippen molar-refractivity contribution >= 4 is 30.9 Å². The van der Waals surface area contributed by atoms with E-state index in [1.54, 1.807) is 45.0 Å². The first kappa shape index (κ1) is 19.4. The van der Waals surface area contributed by atoms with Crippen molar-refractivity contribution in [1.82, 2.24) is 4.57 Å². The SMILES string of the molecule is Cc1ccc(O)c(C)c1-n1c(N)c(C(N)=O)cc(N(C)C)c1=O.S. The van der Waals surface area contributed by atoms with E-state index in [9.17, 15) is 14.7 Å². The van der Waals surface area contributed by atoms with Crippen LogP contribution >= 0.6 is 13.5 Å². The lowest BCUT2D eigenvalue weighted by atomic mass is 10.1. The highest BCUT2D eigenvalue weighted by atomic mass is 32.1. The van der Waals surface area contributed by atoms with E-state index in [-0.39, 0.29) is 36.3 Å². The molecule has 5 N–H and O–H groups in total. The molecule has 0 radical (unpaired) electrons. The standard InChI is InChI=1S/C16H20N4O3.H2S/c1-8-5-6-12(21)9(2)13(8)20-14(17)10(15(18)22)7-11(16(20)23)19(3)4;/h5-7,21H,17H2,1-4H3,(H2,18,22);1H2. The number of amides is 1. The fourth-order valence-electron chi connectivity index (χ4n) is 2.53. The number of primary amides is 1.